The summed E-state index contributed by atoms with van der Waals surface area (Å²) in [5.74, 6) is -1.20. The van der Waals surface area contributed by atoms with E-state index in [1.807, 2.05) is 54.6 Å². The van der Waals surface area contributed by atoms with Gasteiger partial charge in [0, 0.05) is 18.2 Å². The number of rotatable bonds is 3. The number of ether oxygens (including phenoxy) is 2. The van der Waals surface area contributed by atoms with Crippen LogP contribution in [0.3, 0.4) is 0 Å². The zero-order chi connectivity index (χ0) is 19.9. The summed E-state index contributed by atoms with van der Waals surface area (Å²) in [7, 11) is 2.57. The molecule has 0 radical (unpaired) electrons. The number of esters is 2. The van der Waals surface area contributed by atoms with Crippen LogP contribution in [-0.4, -0.2) is 26.2 Å². The number of carbonyl (C=O) groups is 2. The van der Waals surface area contributed by atoms with Gasteiger partial charge in [0.1, 0.15) is 0 Å². The topological polar surface area (TPSA) is 52.6 Å². The molecule has 0 unspecified atom stereocenters. The minimum absolute atomic E-state index is 0.158. The maximum Gasteiger partial charge on any atom is 0.323 e. The molecule has 28 heavy (non-hydrogen) atoms. The van der Waals surface area contributed by atoms with Gasteiger partial charge in [0.05, 0.1) is 19.2 Å². The second-order valence-electron chi connectivity index (χ2n) is 6.98. The van der Waals surface area contributed by atoms with Crippen molar-refractivity contribution in [1.82, 2.24) is 0 Å². The fourth-order valence-corrected chi connectivity index (χ4v) is 4.59. The molecule has 0 aromatic heterocycles. The Labute approximate surface area is 168 Å². The molecule has 4 nitrogen and oxygen atoms in total. The highest BCUT2D eigenvalue weighted by atomic mass is 35.5. The Kier molecular flexibility index (Phi) is 4.60. The first-order valence-electron chi connectivity index (χ1n) is 8.97. The predicted octanol–water partition coefficient (Wildman–Crippen LogP) is 4.59. The largest absolute Gasteiger partial charge is 0.468 e. The van der Waals surface area contributed by atoms with E-state index in [2.05, 4.69) is 0 Å². The molecule has 0 amide bonds. The van der Waals surface area contributed by atoms with Crippen molar-refractivity contribution in [3.63, 3.8) is 0 Å². The van der Waals surface area contributed by atoms with Gasteiger partial charge in [0.15, 0.2) is 5.41 Å². The van der Waals surface area contributed by atoms with Crippen LogP contribution < -0.4 is 0 Å². The lowest BCUT2D eigenvalue weighted by Crippen LogP contribution is -2.42. The summed E-state index contributed by atoms with van der Waals surface area (Å²) in [4.78, 5) is 25.4. The quantitative estimate of drug-likeness (QED) is 0.481. The van der Waals surface area contributed by atoms with Crippen LogP contribution in [0.1, 0.15) is 11.1 Å². The smallest absolute Gasteiger partial charge is 0.323 e. The highest BCUT2D eigenvalue weighted by Gasteiger charge is 2.54. The molecule has 0 aliphatic heterocycles. The van der Waals surface area contributed by atoms with E-state index < -0.39 is 17.4 Å². The summed E-state index contributed by atoms with van der Waals surface area (Å²) in [6.45, 7) is 0. The number of methoxy groups -OCH3 is 2. The van der Waals surface area contributed by atoms with E-state index in [9.17, 15) is 9.59 Å². The first-order valence-corrected chi connectivity index (χ1v) is 9.35. The van der Waals surface area contributed by atoms with E-state index in [-0.39, 0.29) is 12.8 Å². The molecule has 5 heteroatoms. The van der Waals surface area contributed by atoms with Gasteiger partial charge in [0.2, 0.25) is 0 Å². The molecule has 0 bridgehead atoms. The van der Waals surface area contributed by atoms with Crippen molar-refractivity contribution >= 4 is 34.3 Å². The number of halogens is 1. The Morgan fingerprint density at radius 2 is 1.36 bits per heavy atom. The first-order chi connectivity index (χ1) is 13.5. The highest BCUT2D eigenvalue weighted by Crippen LogP contribution is 2.49. The summed E-state index contributed by atoms with van der Waals surface area (Å²) in [5, 5.41) is 2.45. The maximum atomic E-state index is 12.7. The van der Waals surface area contributed by atoms with Crippen LogP contribution in [0.15, 0.2) is 54.6 Å². The molecule has 3 aromatic carbocycles. The molecule has 0 atom stereocenters. The molecule has 0 saturated carbocycles. The van der Waals surface area contributed by atoms with Crippen molar-refractivity contribution in [2.24, 2.45) is 5.41 Å². The zero-order valence-corrected chi connectivity index (χ0v) is 16.4. The van der Waals surface area contributed by atoms with Crippen LogP contribution in [0.2, 0.25) is 5.02 Å². The van der Waals surface area contributed by atoms with Crippen LogP contribution in [0.4, 0.5) is 0 Å². The van der Waals surface area contributed by atoms with E-state index in [1.165, 1.54) is 14.2 Å². The van der Waals surface area contributed by atoms with E-state index in [0.29, 0.717) is 5.02 Å². The number of carbonyl (C=O) groups excluding carboxylic acids is 2. The second kappa shape index (κ2) is 6.95. The van der Waals surface area contributed by atoms with Gasteiger partial charge in [0.25, 0.3) is 0 Å². The standard InChI is InChI=1S/C23H19ClO4/c1-27-21(25)23(22(26)28-2)12-17-18(13-23)20(24)16-11-7-6-10-15(16)19(17)14-8-4-3-5-9-14/h3-11H,12-13H2,1-2H3. The number of benzene rings is 3. The SMILES string of the molecule is COC(=O)C1(C(=O)OC)Cc2c(c(-c3ccccc3)c3ccccc3c2Cl)C1. The van der Waals surface area contributed by atoms with Gasteiger partial charge in [-0.2, -0.15) is 0 Å². The normalized spacial score (nSPS) is 14.5. The summed E-state index contributed by atoms with van der Waals surface area (Å²) < 4.78 is 9.98. The minimum atomic E-state index is -1.42. The lowest BCUT2D eigenvalue weighted by Gasteiger charge is -2.22. The molecule has 142 valence electrons. The van der Waals surface area contributed by atoms with Crippen LogP contribution in [-0.2, 0) is 31.9 Å². The van der Waals surface area contributed by atoms with Crippen LogP contribution >= 0.6 is 11.6 Å². The van der Waals surface area contributed by atoms with Crippen molar-refractivity contribution in [1.29, 1.82) is 0 Å². The van der Waals surface area contributed by atoms with Crippen LogP contribution in [0, 0.1) is 5.41 Å². The fraction of sp³-hybridized carbons (Fsp3) is 0.217. The lowest BCUT2D eigenvalue weighted by molar-refractivity contribution is -0.168. The van der Waals surface area contributed by atoms with Gasteiger partial charge in [-0.25, -0.2) is 0 Å². The summed E-state index contributed by atoms with van der Waals surface area (Å²) in [6, 6.07) is 17.8. The second-order valence-corrected chi connectivity index (χ2v) is 7.35. The third-order valence-electron chi connectivity index (χ3n) is 5.54. The molecule has 1 aliphatic carbocycles. The van der Waals surface area contributed by atoms with Crippen molar-refractivity contribution in [3.05, 3.63) is 70.7 Å². The van der Waals surface area contributed by atoms with E-state index in [1.54, 1.807) is 0 Å². The highest BCUT2D eigenvalue weighted by molar-refractivity contribution is 6.37. The minimum Gasteiger partial charge on any atom is -0.468 e. The molecule has 0 fully saturated rings. The lowest BCUT2D eigenvalue weighted by atomic mass is 9.84. The monoisotopic (exact) mass is 394 g/mol. The Bertz CT molecular complexity index is 1070. The molecule has 1 aliphatic rings. The van der Waals surface area contributed by atoms with E-state index in [0.717, 1.165) is 33.0 Å². The van der Waals surface area contributed by atoms with Crippen molar-refractivity contribution in [2.75, 3.05) is 14.2 Å². The maximum absolute atomic E-state index is 12.7. The van der Waals surface area contributed by atoms with Gasteiger partial charge in [-0.3, -0.25) is 9.59 Å². The predicted molar refractivity (Wildman–Crippen MR) is 108 cm³/mol. The number of hydrogen-bond donors (Lipinski definition) is 0. The van der Waals surface area contributed by atoms with Crippen molar-refractivity contribution in [3.8, 4) is 11.1 Å². The Hall–Kier alpha value is -2.85. The number of hydrogen-bond acceptors (Lipinski definition) is 4. The van der Waals surface area contributed by atoms with Gasteiger partial charge < -0.3 is 9.47 Å². The molecular formula is C23H19ClO4. The Balaban J connectivity index is 2.05. The van der Waals surface area contributed by atoms with Gasteiger partial charge in [-0.1, -0.05) is 66.2 Å². The van der Waals surface area contributed by atoms with Crippen LogP contribution in [0.5, 0.6) is 0 Å². The average Bonchev–Trinajstić information content (AvgIpc) is 3.15. The molecule has 0 spiro atoms. The zero-order valence-electron chi connectivity index (χ0n) is 15.6. The van der Waals surface area contributed by atoms with E-state index >= 15 is 0 Å². The summed E-state index contributed by atoms with van der Waals surface area (Å²) >= 11 is 6.77. The Morgan fingerprint density at radius 1 is 0.821 bits per heavy atom. The molecule has 0 heterocycles. The molecule has 0 N–H and O–H groups in total. The average molecular weight is 395 g/mol. The molecule has 4 rings (SSSR count). The van der Waals surface area contributed by atoms with Crippen LogP contribution in [0.25, 0.3) is 21.9 Å². The molecule has 0 saturated heterocycles. The molecule has 3 aromatic rings. The first kappa shape index (κ1) is 18.5. The van der Waals surface area contributed by atoms with Crippen molar-refractivity contribution < 1.29 is 19.1 Å². The number of fused-ring (bicyclic) bond motifs is 2. The fourth-order valence-electron chi connectivity index (χ4n) is 4.24. The van der Waals surface area contributed by atoms with Gasteiger partial charge in [-0.15, -0.1) is 0 Å². The van der Waals surface area contributed by atoms with E-state index in [4.69, 9.17) is 21.1 Å². The third-order valence-corrected chi connectivity index (χ3v) is 5.97. The Morgan fingerprint density at radius 3 is 1.96 bits per heavy atom. The summed E-state index contributed by atoms with van der Waals surface area (Å²) in [5.41, 5.74) is 2.28. The van der Waals surface area contributed by atoms with Crippen molar-refractivity contribution in [2.45, 2.75) is 12.8 Å². The molecular weight excluding hydrogens is 376 g/mol. The van der Waals surface area contributed by atoms with Gasteiger partial charge in [-0.05, 0) is 27.6 Å². The third kappa shape index (κ3) is 2.60. The van der Waals surface area contributed by atoms with Gasteiger partial charge >= 0.3 is 11.9 Å². The summed E-state index contributed by atoms with van der Waals surface area (Å²) in [6.07, 6.45) is 0.349.